The van der Waals surface area contributed by atoms with Crippen LogP contribution in [0, 0.1) is 6.92 Å². The lowest BCUT2D eigenvalue weighted by atomic mass is 10.1. The molecule has 1 aliphatic heterocycles. The van der Waals surface area contributed by atoms with Gasteiger partial charge in [-0.2, -0.15) is 0 Å². The molecule has 0 amide bonds. The van der Waals surface area contributed by atoms with Crippen molar-refractivity contribution in [1.82, 2.24) is 4.98 Å². The third-order valence-corrected chi connectivity index (χ3v) is 3.53. The molecule has 0 aromatic carbocycles. The van der Waals surface area contributed by atoms with Gasteiger partial charge in [-0.3, -0.25) is 0 Å². The fourth-order valence-electron chi connectivity index (χ4n) is 2.52. The van der Waals surface area contributed by atoms with Gasteiger partial charge in [0.2, 0.25) is 0 Å². The molecule has 1 aromatic heterocycles. The number of anilines is 1. The fraction of sp³-hybridized carbons (Fsp3) is 0.643. The van der Waals surface area contributed by atoms with Gasteiger partial charge in [0.1, 0.15) is 5.82 Å². The van der Waals surface area contributed by atoms with Crippen molar-refractivity contribution >= 4 is 5.82 Å². The fourth-order valence-corrected chi connectivity index (χ4v) is 2.52. The molecule has 0 aliphatic carbocycles. The van der Waals surface area contributed by atoms with E-state index in [1.807, 2.05) is 6.92 Å². The standard InChI is InChI=1S/C14H23N3/c1-11(15)13-7-8-14(16-12(13)2)17-9-5-3-4-6-10-17/h7-8,11H,3-6,9-10,15H2,1-2H3. The summed E-state index contributed by atoms with van der Waals surface area (Å²) in [6.45, 7) is 6.35. The van der Waals surface area contributed by atoms with Crippen molar-refractivity contribution in [1.29, 1.82) is 0 Å². The molecule has 1 aromatic rings. The van der Waals surface area contributed by atoms with Crippen molar-refractivity contribution in [3.05, 3.63) is 23.4 Å². The van der Waals surface area contributed by atoms with Gasteiger partial charge >= 0.3 is 0 Å². The predicted octanol–water partition coefficient (Wildman–Crippen LogP) is 2.79. The van der Waals surface area contributed by atoms with Gasteiger partial charge in [0.05, 0.1) is 0 Å². The Morgan fingerprint density at radius 1 is 1.18 bits per heavy atom. The lowest BCUT2D eigenvalue weighted by Gasteiger charge is -2.22. The Morgan fingerprint density at radius 2 is 1.82 bits per heavy atom. The van der Waals surface area contributed by atoms with Gasteiger partial charge in [-0.05, 0) is 38.3 Å². The highest BCUT2D eigenvalue weighted by molar-refractivity contribution is 5.42. The number of nitrogens with zero attached hydrogens (tertiary/aromatic N) is 2. The van der Waals surface area contributed by atoms with Crippen molar-refractivity contribution < 1.29 is 0 Å². The quantitative estimate of drug-likeness (QED) is 0.854. The second-order valence-electron chi connectivity index (χ2n) is 5.03. The Balaban J connectivity index is 2.18. The minimum absolute atomic E-state index is 0.0701. The van der Waals surface area contributed by atoms with Gasteiger partial charge in [0, 0.05) is 24.8 Å². The van der Waals surface area contributed by atoms with Crippen molar-refractivity contribution in [3.8, 4) is 0 Å². The van der Waals surface area contributed by atoms with Gasteiger partial charge in [-0.15, -0.1) is 0 Å². The molecule has 3 heteroatoms. The van der Waals surface area contributed by atoms with Gasteiger partial charge in [0.25, 0.3) is 0 Å². The van der Waals surface area contributed by atoms with E-state index >= 15 is 0 Å². The molecule has 1 unspecified atom stereocenters. The Bertz CT molecular complexity index is 366. The summed E-state index contributed by atoms with van der Waals surface area (Å²) < 4.78 is 0. The number of nitrogens with two attached hydrogens (primary N) is 1. The molecule has 1 atom stereocenters. The maximum Gasteiger partial charge on any atom is 0.128 e. The number of hydrogen-bond acceptors (Lipinski definition) is 3. The minimum atomic E-state index is 0.0701. The van der Waals surface area contributed by atoms with Crippen LogP contribution in [0.4, 0.5) is 5.82 Å². The molecule has 0 spiro atoms. The van der Waals surface area contributed by atoms with Crippen LogP contribution in [0.25, 0.3) is 0 Å². The van der Waals surface area contributed by atoms with Crippen LogP contribution in [0.1, 0.15) is 49.9 Å². The Morgan fingerprint density at radius 3 is 2.35 bits per heavy atom. The zero-order valence-corrected chi connectivity index (χ0v) is 10.9. The minimum Gasteiger partial charge on any atom is -0.357 e. The second kappa shape index (κ2) is 5.50. The lowest BCUT2D eigenvalue weighted by Crippen LogP contribution is -2.25. The molecule has 1 fully saturated rings. The first-order chi connectivity index (χ1) is 8.18. The molecule has 1 aliphatic rings. The Hall–Kier alpha value is -1.09. The molecule has 2 rings (SSSR count). The van der Waals surface area contributed by atoms with E-state index in [1.54, 1.807) is 0 Å². The summed E-state index contributed by atoms with van der Waals surface area (Å²) in [5.41, 5.74) is 8.14. The molecule has 0 radical (unpaired) electrons. The summed E-state index contributed by atoms with van der Waals surface area (Å²) in [6.07, 6.45) is 5.28. The SMILES string of the molecule is Cc1nc(N2CCCCCC2)ccc1C(C)N. The normalized spacial score (nSPS) is 18.9. The van der Waals surface area contributed by atoms with Crippen LogP contribution in [-0.2, 0) is 0 Å². The summed E-state index contributed by atoms with van der Waals surface area (Å²) in [5, 5.41) is 0. The monoisotopic (exact) mass is 233 g/mol. The van der Waals surface area contributed by atoms with Gasteiger partial charge < -0.3 is 10.6 Å². The zero-order chi connectivity index (χ0) is 12.3. The van der Waals surface area contributed by atoms with Crippen molar-refractivity contribution in [3.63, 3.8) is 0 Å². The van der Waals surface area contributed by atoms with Crippen LogP contribution in [-0.4, -0.2) is 18.1 Å². The van der Waals surface area contributed by atoms with Crippen LogP contribution in [0.3, 0.4) is 0 Å². The first-order valence-corrected chi connectivity index (χ1v) is 6.66. The van der Waals surface area contributed by atoms with E-state index in [0.29, 0.717) is 0 Å². The first-order valence-electron chi connectivity index (χ1n) is 6.66. The second-order valence-corrected chi connectivity index (χ2v) is 5.03. The van der Waals surface area contributed by atoms with Crippen LogP contribution < -0.4 is 10.6 Å². The average Bonchev–Trinajstić information content (AvgIpc) is 2.56. The third-order valence-electron chi connectivity index (χ3n) is 3.53. The van der Waals surface area contributed by atoms with Crippen molar-refractivity contribution in [2.75, 3.05) is 18.0 Å². The predicted molar refractivity (Wildman–Crippen MR) is 72.3 cm³/mol. The Labute approximate surface area is 104 Å². The van der Waals surface area contributed by atoms with E-state index in [9.17, 15) is 0 Å². The number of hydrogen-bond donors (Lipinski definition) is 1. The van der Waals surface area contributed by atoms with E-state index in [2.05, 4.69) is 24.0 Å². The molecular formula is C14H23N3. The summed E-state index contributed by atoms with van der Waals surface area (Å²) >= 11 is 0. The molecule has 2 heterocycles. The average molecular weight is 233 g/mol. The highest BCUT2D eigenvalue weighted by Crippen LogP contribution is 2.21. The summed E-state index contributed by atoms with van der Waals surface area (Å²) in [7, 11) is 0. The smallest absolute Gasteiger partial charge is 0.128 e. The van der Waals surface area contributed by atoms with Gasteiger partial charge in [-0.1, -0.05) is 18.9 Å². The third kappa shape index (κ3) is 2.97. The summed E-state index contributed by atoms with van der Waals surface area (Å²) in [5.74, 6) is 1.12. The molecule has 0 bridgehead atoms. The van der Waals surface area contributed by atoms with Gasteiger partial charge in [0.15, 0.2) is 0 Å². The summed E-state index contributed by atoms with van der Waals surface area (Å²) in [6, 6.07) is 4.32. The number of rotatable bonds is 2. The number of pyridine rings is 1. The van der Waals surface area contributed by atoms with Crippen molar-refractivity contribution in [2.24, 2.45) is 5.73 Å². The molecular weight excluding hydrogens is 210 g/mol. The van der Waals surface area contributed by atoms with Crippen molar-refractivity contribution in [2.45, 2.75) is 45.6 Å². The highest BCUT2D eigenvalue weighted by atomic mass is 15.2. The van der Waals surface area contributed by atoms with E-state index in [4.69, 9.17) is 10.7 Å². The lowest BCUT2D eigenvalue weighted by molar-refractivity contribution is 0.726. The van der Waals surface area contributed by atoms with E-state index in [1.165, 1.54) is 25.7 Å². The molecule has 17 heavy (non-hydrogen) atoms. The van der Waals surface area contributed by atoms with Crippen LogP contribution in [0.15, 0.2) is 12.1 Å². The van der Waals surface area contributed by atoms with E-state index in [0.717, 1.165) is 30.2 Å². The van der Waals surface area contributed by atoms with Crippen LogP contribution in [0.5, 0.6) is 0 Å². The molecule has 0 saturated carbocycles. The van der Waals surface area contributed by atoms with Crippen LogP contribution in [0.2, 0.25) is 0 Å². The van der Waals surface area contributed by atoms with Crippen LogP contribution >= 0.6 is 0 Å². The molecule has 1 saturated heterocycles. The molecule has 2 N–H and O–H groups in total. The maximum absolute atomic E-state index is 5.91. The Kier molecular flexibility index (Phi) is 4.00. The largest absolute Gasteiger partial charge is 0.357 e. The maximum atomic E-state index is 5.91. The van der Waals surface area contributed by atoms with Gasteiger partial charge in [-0.25, -0.2) is 4.98 Å². The highest BCUT2D eigenvalue weighted by Gasteiger charge is 2.13. The van der Waals surface area contributed by atoms with E-state index < -0.39 is 0 Å². The number of aryl methyl sites for hydroxylation is 1. The summed E-state index contributed by atoms with van der Waals surface area (Å²) in [4.78, 5) is 7.11. The first kappa shape index (κ1) is 12.4. The number of aromatic nitrogens is 1. The molecule has 3 nitrogen and oxygen atoms in total. The van der Waals surface area contributed by atoms with E-state index in [-0.39, 0.29) is 6.04 Å². The topological polar surface area (TPSA) is 42.2 Å². The zero-order valence-electron chi connectivity index (χ0n) is 10.9. The molecule has 94 valence electrons.